The van der Waals surface area contributed by atoms with Gasteiger partial charge in [0.15, 0.2) is 0 Å². The first-order valence-corrected chi connectivity index (χ1v) is 17.3. The molecule has 2 atom stereocenters. The number of aryl methyl sites for hydroxylation is 2. The summed E-state index contributed by atoms with van der Waals surface area (Å²) < 4.78 is 35.1. The summed E-state index contributed by atoms with van der Waals surface area (Å²) in [7, 11) is -3.75. The van der Waals surface area contributed by atoms with Crippen molar-refractivity contribution in [3.8, 4) is 0 Å². The highest BCUT2D eigenvalue weighted by Gasteiger charge is 2.33. The average molecular weight is 648 g/mol. The highest BCUT2D eigenvalue weighted by Crippen LogP contribution is 2.38. The fraction of sp³-hybridized carbons (Fsp3) is 0.364. The number of benzene rings is 2. The van der Waals surface area contributed by atoms with Crippen molar-refractivity contribution >= 4 is 38.2 Å². The fourth-order valence-corrected chi connectivity index (χ4v) is 8.98. The zero-order valence-corrected chi connectivity index (χ0v) is 27.5. The Labute approximate surface area is 267 Å². The molecule has 6 rings (SSSR count). The van der Waals surface area contributed by atoms with Crippen LogP contribution >= 0.6 is 11.3 Å². The Morgan fingerprint density at radius 3 is 2.36 bits per heavy atom. The molecule has 1 amide bonds. The summed E-state index contributed by atoms with van der Waals surface area (Å²) in [6.07, 6.45) is 0.254. The summed E-state index contributed by atoms with van der Waals surface area (Å²) in [5.41, 5.74) is 4.36. The average Bonchev–Trinajstić information content (AvgIpc) is 3.54. The van der Waals surface area contributed by atoms with Gasteiger partial charge in [0.25, 0.3) is 11.8 Å². The van der Waals surface area contributed by atoms with Crippen LogP contribution in [0.5, 0.6) is 0 Å². The van der Waals surface area contributed by atoms with Crippen LogP contribution in [-0.2, 0) is 34.3 Å². The standard InChI is InChI=1S/C33H37N5O5S2/c1-21-16-22(2)38(35-21)33(40)30-28-14-15-36(19-25-8-6-5-7-9-25)20-29(28)44-32(30)34-31(39)26-10-12-27(13-11-26)45(41,42)37-17-23(3)43-24(4)18-37/h5-13,16,23-24H,14-15,17-20H2,1-4H3,(H,34,39). The third kappa shape index (κ3) is 6.52. The number of carbonyl (C=O) groups is 2. The smallest absolute Gasteiger partial charge is 0.281 e. The highest BCUT2D eigenvalue weighted by atomic mass is 32.2. The lowest BCUT2D eigenvalue weighted by Gasteiger charge is -2.34. The van der Waals surface area contributed by atoms with Gasteiger partial charge in [-0.15, -0.1) is 11.3 Å². The molecule has 2 aliphatic rings. The second kappa shape index (κ2) is 12.6. The largest absolute Gasteiger partial charge is 0.373 e. The number of nitrogens with zero attached hydrogens (tertiary/aromatic N) is 4. The molecule has 1 fully saturated rings. The van der Waals surface area contributed by atoms with Gasteiger partial charge in [-0.25, -0.2) is 13.1 Å². The molecule has 12 heteroatoms. The SMILES string of the molecule is Cc1cc(C)n(C(=O)c2c(NC(=O)c3ccc(S(=O)(=O)N4CC(C)OC(C)C4)cc3)sc3c2CCN(Cc2ccccc2)C3)n1. The molecule has 1 saturated heterocycles. The van der Waals surface area contributed by atoms with E-state index in [-0.39, 0.29) is 36.1 Å². The minimum atomic E-state index is -3.75. The topological polar surface area (TPSA) is 114 Å². The molecule has 2 aliphatic heterocycles. The summed E-state index contributed by atoms with van der Waals surface area (Å²) in [6.45, 7) is 10.1. The maximum Gasteiger partial charge on any atom is 0.281 e. The molecule has 45 heavy (non-hydrogen) atoms. The predicted molar refractivity (Wildman–Crippen MR) is 173 cm³/mol. The molecule has 0 saturated carbocycles. The van der Waals surface area contributed by atoms with E-state index in [1.165, 1.54) is 50.2 Å². The second-order valence-corrected chi connectivity index (χ2v) is 14.9. The number of amides is 1. The summed E-state index contributed by atoms with van der Waals surface area (Å²) in [5, 5.41) is 7.88. The van der Waals surface area contributed by atoms with E-state index in [4.69, 9.17) is 4.74 Å². The number of sulfonamides is 1. The molecule has 0 aliphatic carbocycles. The molecule has 2 aromatic carbocycles. The van der Waals surface area contributed by atoms with Crippen LogP contribution in [0.15, 0.2) is 65.6 Å². The molecule has 2 aromatic heterocycles. The third-order valence-corrected chi connectivity index (χ3v) is 11.1. The van der Waals surface area contributed by atoms with Crippen LogP contribution in [0.2, 0.25) is 0 Å². The Hall–Kier alpha value is -3.68. The van der Waals surface area contributed by atoms with E-state index in [0.29, 0.717) is 29.1 Å². The van der Waals surface area contributed by atoms with Crippen LogP contribution in [-0.4, -0.2) is 71.1 Å². The van der Waals surface area contributed by atoms with Gasteiger partial charge in [0, 0.05) is 48.9 Å². The number of aromatic nitrogens is 2. The first-order valence-electron chi connectivity index (χ1n) is 15.1. The number of thiophene rings is 1. The molecule has 4 aromatic rings. The molecular weight excluding hydrogens is 611 g/mol. The summed E-state index contributed by atoms with van der Waals surface area (Å²) in [5.74, 6) is -0.699. The second-order valence-electron chi connectivity index (χ2n) is 11.9. The van der Waals surface area contributed by atoms with Crippen LogP contribution in [0, 0.1) is 13.8 Å². The molecular formula is C33H37N5O5S2. The number of fused-ring (bicyclic) bond motifs is 1. The van der Waals surface area contributed by atoms with Crippen molar-refractivity contribution in [3.63, 3.8) is 0 Å². The molecule has 0 radical (unpaired) electrons. The van der Waals surface area contributed by atoms with Gasteiger partial charge >= 0.3 is 0 Å². The van der Waals surface area contributed by atoms with Crippen LogP contribution in [0.4, 0.5) is 5.00 Å². The van der Waals surface area contributed by atoms with Crippen LogP contribution < -0.4 is 5.32 Å². The number of anilines is 1. The zero-order valence-electron chi connectivity index (χ0n) is 25.8. The van der Waals surface area contributed by atoms with Gasteiger partial charge in [0.2, 0.25) is 10.0 Å². The predicted octanol–water partition coefficient (Wildman–Crippen LogP) is 4.86. The van der Waals surface area contributed by atoms with Gasteiger partial charge in [-0.2, -0.15) is 9.40 Å². The molecule has 10 nitrogen and oxygen atoms in total. The summed E-state index contributed by atoms with van der Waals surface area (Å²) in [4.78, 5) is 31.0. The molecule has 0 bridgehead atoms. The van der Waals surface area contributed by atoms with Crippen LogP contribution in [0.25, 0.3) is 0 Å². The van der Waals surface area contributed by atoms with E-state index in [1.54, 1.807) is 0 Å². The number of nitrogens with one attached hydrogen (secondary N) is 1. The molecule has 236 valence electrons. The van der Waals surface area contributed by atoms with Gasteiger partial charge in [-0.3, -0.25) is 14.5 Å². The monoisotopic (exact) mass is 647 g/mol. The maximum atomic E-state index is 13.9. The quantitative estimate of drug-likeness (QED) is 0.305. The van der Waals surface area contributed by atoms with Crippen LogP contribution in [0.3, 0.4) is 0 Å². The lowest BCUT2D eigenvalue weighted by atomic mass is 10.0. The van der Waals surface area contributed by atoms with Gasteiger partial charge < -0.3 is 10.1 Å². The highest BCUT2D eigenvalue weighted by molar-refractivity contribution is 7.89. The van der Waals surface area contributed by atoms with Crippen molar-refractivity contribution in [3.05, 3.63) is 99.2 Å². The Morgan fingerprint density at radius 1 is 1.02 bits per heavy atom. The first kappa shape index (κ1) is 31.3. The number of hydrogen-bond acceptors (Lipinski definition) is 8. The van der Waals surface area contributed by atoms with E-state index >= 15 is 0 Å². The number of carbonyl (C=O) groups excluding carboxylic acids is 2. The number of hydrogen-bond donors (Lipinski definition) is 1. The number of ether oxygens (including phenoxy) is 1. The van der Waals surface area contributed by atoms with Gasteiger partial charge in [0.1, 0.15) is 5.00 Å². The van der Waals surface area contributed by atoms with E-state index < -0.39 is 15.9 Å². The molecule has 1 N–H and O–H groups in total. The van der Waals surface area contributed by atoms with E-state index in [0.717, 1.165) is 34.9 Å². The van der Waals surface area contributed by atoms with E-state index in [2.05, 4.69) is 27.4 Å². The van der Waals surface area contributed by atoms with Crippen molar-refractivity contribution in [2.75, 3.05) is 25.0 Å². The third-order valence-electron chi connectivity index (χ3n) is 8.17. The number of morpholine rings is 1. The van der Waals surface area contributed by atoms with Crippen molar-refractivity contribution in [1.82, 2.24) is 19.0 Å². The van der Waals surface area contributed by atoms with Crippen LogP contribution in [0.1, 0.15) is 62.0 Å². The van der Waals surface area contributed by atoms with E-state index in [1.807, 2.05) is 52.0 Å². The fourth-order valence-electron chi connectivity index (χ4n) is 6.12. The van der Waals surface area contributed by atoms with Gasteiger partial charge in [-0.1, -0.05) is 30.3 Å². The lowest BCUT2D eigenvalue weighted by molar-refractivity contribution is -0.0440. The Morgan fingerprint density at radius 2 is 1.71 bits per heavy atom. The van der Waals surface area contributed by atoms with Gasteiger partial charge in [-0.05, 0) is 75.6 Å². The van der Waals surface area contributed by atoms with Crippen molar-refractivity contribution in [1.29, 1.82) is 0 Å². The first-order chi connectivity index (χ1) is 21.5. The zero-order chi connectivity index (χ0) is 31.9. The van der Waals surface area contributed by atoms with E-state index in [9.17, 15) is 18.0 Å². The normalized spacial score (nSPS) is 19.3. The molecule has 2 unspecified atom stereocenters. The summed E-state index contributed by atoms with van der Waals surface area (Å²) in [6, 6.07) is 18.0. The Kier molecular flexibility index (Phi) is 8.77. The number of rotatable bonds is 7. The van der Waals surface area contributed by atoms with Crippen molar-refractivity contribution in [2.45, 2.75) is 64.3 Å². The minimum absolute atomic E-state index is 0.117. The molecule has 4 heterocycles. The molecule has 0 spiro atoms. The summed E-state index contributed by atoms with van der Waals surface area (Å²) >= 11 is 1.41. The maximum absolute atomic E-state index is 13.9. The minimum Gasteiger partial charge on any atom is -0.373 e. The Bertz CT molecular complexity index is 1820. The van der Waals surface area contributed by atoms with Crippen molar-refractivity contribution < 1.29 is 22.7 Å². The lowest BCUT2D eigenvalue weighted by Crippen LogP contribution is -2.48. The van der Waals surface area contributed by atoms with Gasteiger partial charge in [0.05, 0.1) is 28.4 Å². The van der Waals surface area contributed by atoms with Crippen molar-refractivity contribution in [2.24, 2.45) is 0 Å². The Balaban J connectivity index is 1.26.